The summed E-state index contributed by atoms with van der Waals surface area (Å²) in [7, 11) is 0. The van der Waals surface area contributed by atoms with Crippen molar-refractivity contribution in [3.63, 3.8) is 0 Å². The van der Waals surface area contributed by atoms with E-state index in [2.05, 4.69) is 15.8 Å². The lowest BCUT2D eigenvalue weighted by molar-refractivity contribution is 0.0734. The minimum Gasteiger partial charge on any atom is -0.494 e. The highest BCUT2D eigenvalue weighted by atomic mass is 32.1. The minimum atomic E-state index is -0.428. The average molecular weight is 434 g/mol. The Morgan fingerprint density at radius 1 is 0.968 bits per heavy atom. The van der Waals surface area contributed by atoms with Crippen molar-refractivity contribution in [3.05, 3.63) is 90.0 Å². The molecule has 3 aromatic carbocycles. The molecule has 0 bridgehead atoms. The number of hydrogen-bond donors (Lipinski definition) is 2. The largest absolute Gasteiger partial charge is 0.494 e. The summed E-state index contributed by atoms with van der Waals surface area (Å²) in [5.74, 6) is 0.749. The van der Waals surface area contributed by atoms with E-state index in [0.29, 0.717) is 23.0 Å². The molecule has 0 aromatic heterocycles. The number of para-hydroxylation sites is 1. The molecule has 0 aliphatic carbocycles. The molecule has 0 aliphatic rings. The predicted octanol–water partition coefficient (Wildman–Crippen LogP) is 5.02. The second-order valence-corrected chi connectivity index (χ2v) is 6.93. The van der Waals surface area contributed by atoms with Gasteiger partial charge in [0.05, 0.1) is 18.4 Å². The molecule has 0 aliphatic heterocycles. The first kappa shape index (κ1) is 22.0. The zero-order valence-electron chi connectivity index (χ0n) is 17.1. The van der Waals surface area contributed by atoms with E-state index in [-0.39, 0.29) is 0 Å². The number of carbonyl (C=O) groups excluding carboxylic acids is 1. The highest BCUT2D eigenvalue weighted by molar-refractivity contribution is 7.80. The number of nitrogens with zero attached hydrogens (tertiary/aromatic N) is 1. The number of esters is 1. The molecule has 3 aromatic rings. The summed E-state index contributed by atoms with van der Waals surface area (Å²) in [6, 6.07) is 23.5. The summed E-state index contributed by atoms with van der Waals surface area (Å²) in [4.78, 5) is 12.3. The van der Waals surface area contributed by atoms with E-state index in [0.717, 1.165) is 23.4 Å². The second-order valence-electron chi connectivity index (χ2n) is 6.52. The van der Waals surface area contributed by atoms with Gasteiger partial charge in [-0.1, -0.05) is 25.1 Å². The summed E-state index contributed by atoms with van der Waals surface area (Å²) in [5.41, 5.74) is 4.92. The fraction of sp³-hybridized carbons (Fsp3) is 0.125. The van der Waals surface area contributed by atoms with Gasteiger partial charge in [0.25, 0.3) is 0 Å². The quantitative estimate of drug-likeness (QED) is 0.171. The van der Waals surface area contributed by atoms with E-state index in [1.54, 1.807) is 54.7 Å². The van der Waals surface area contributed by atoms with Crippen LogP contribution in [0.5, 0.6) is 11.5 Å². The molecule has 0 atom stereocenters. The molecule has 0 unspecified atom stereocenters. The third-order valence-electron chi connectivity index (χ3n) is 4.06. The van der Waals surface area contributed by atoms with Crippen LogP contribution in [-0.2, 0) is 0 Å². The Hall–Kier alpha value is -3.71. The lowest BCUT2D eigenvalue weighted by atomic mass is 10.2. The summed E-state index contributed by atoms with van der Waals surface area (Å²) in [5, 5.41) is 7.52. The van der Waals surface area contributed by atoms with Crippen LogP contribution in [0.25, 0.3) is 0 Å². The highest BCUT2D eigenvalue weighted by Gasteiger charge is 2.08. The van der Waals surface area contributed by atoms with Gasteiger partial charge in [-0.05, 0) is 84.9 Å². The maximum atomic E-state index is 12.3. The van der Waals surface area contributed by atoms with Crippen molar-refractivity contribution >= 4 is 35.2 Å². The van der Waals surface area contributed by atoms with Crippen LogP contribution in [0.1, 0.15) is 29.3 Å². The Kier molecular flexibility index (Phi) is 8.13. The molecule has 0 spiro atoms. The Morgan fingerprint density at radius 3 is 2.32 bits per heavy atom. The number of rotatable bonds is 8. The zero-order valence-corrected chi connectivity index (χ0v) is 17.9. The number of carbonyl (C=O) groups is 1. The Labute approximate surface area is 186 Å². The van der Waals surface area contributed by atoms with Crippen LogP contribution >= 0.6 is 12.2 Å². The van der Waals surface area contributed by atoms with Gasteiger partial charge in [-0.15, -0.1) is 0 Å². The summed E-state index contributed by atoms with van der Waals surface area (Å²) in [6.07, 6.45) is 2.55. The molecule has 0 saturated heterocycles. The van der Waals surface area contributed by atoms with Crippen molar-refractivity contribution in [2.75, 3.05) is 11.9 Å². The van der Waals surface area contributed by atoms with Crippen LogP contribution < -0.4 is 20.2 Å². The lowest BCUT2D eigenvalue weighted by Gasteiger charge is -2.07. The number of benzene rings is 3. The molecule has 0 heterocycles. The van der Waals surface area contributed by atoms with Crippen LogP contribution in [0.2, 0.25) is 0 Å². The molecule has 6 nitrogen and oxygen atoms in total. The van der Waals surface area contributed by atoms with Gasteiger partial charge < -0.3 is 14.8 Å². The molecular weight excluding hydrogens is 410 g/mol. The summed E-state index contributed by atoms with van der Waals surface area (Å²) in [6.45, 7) is 2.68. The molecule has 0 amide bonds. The topological polar surface area (TPSA) is 72.0 Å². The van der Waals surface area contributed by atoms with Gasteiger partial charge in [0, 0.05) is 5.69 Å². The van der Waals surface area contributed by atoms with Gasteiger partial charge >= 0.3 is 5.97 Å². The molecule has 158 valence electrons. The first-order valence-electron chi connectivity index (χ1n) is 9.84. The maximum absolute atomic E-state index is 12.3. The van der Waals surface area contributed by atoms with Crippen LogP contribution in [0, 0.1) is 0 Å². The number of ether oxygens (including phenoxy) is 2. The second kappa shape index (κ2) is 11.5. The van der Waals surface area contributed by atoms with Crippen molar-refractivity contribution in [1.29, 1.82) is 0 Å². The van der Waals surface area contributed by atoms with Crippen LogP contribution in [-0.4, -0.2) is 23.9 Å². The maximum Gasteiger partial charge on any atom is 0.343 e. The van der Waals surface area contributed by atoms with Crippen LogP contribution in [0.15, 0.2) is 84.0 Å². The monoisotopic (exact) mass is 433 g/mol. The van der Waals surface area contributed by atoms with Gasteiger partial charge in [-0.3, -0.25) is 5.43 Å². The van der Waals surface area contributed by atoms with Gasteiger partial charge in [-0.25, -0.2) is 4.79 Å². The van der Waals surface area contributed by atoms with Crippen molar-refractivity contribution in [2.24, 2.45) is 5.10 Å². The first-order valence-corrected chi connectivity index (χ1v) is 10.2. The van der Waals surface area contributed by atoms with Crippen molar-refractivity contribution in [2.45, 2.75) is 13.3 Å². The van der Waals surface area contributed by atoms with Gasteiger partial charge in [0.2, 0.25) is 0 Å². The summed E-state index contributed by atoms with van der Waals surface area (Å²) >= 11 is 5.19. The highest BCUT2D eigenvalue weighted by Crippen LogP contribution is 2.16. The molecule has 0 saturated carbocycles. The predicted molar refractivity (Wildman–Crippen MR) is 127 cm³/mol. The van der Waals surface area contributed by atoms with E-state index >= 15 is 0 Å². The molecule has 31 heavy (non-hydrogen) atoms. The third kappa shape index (κ3) is 7.24. The minimum absolute atomic E-state index is 0.388. The molecule has 7 heteroatoms. The smallest absolute Gasteiger partial charge is 0.343 e. The van der Waals surface area contributed by atoms with Gasteiger partial charge in [-0.2, -0.15) is 5.10 Å². The van der Waals surface area contributed by atoms with E-state index in [9.17, 15) is 4.79 Å². The number of hydrogen-bond acceptors (Lipinski definition) is 5. The van der Waals surface area contributed by atoms with Gasteiger partial charge in [0.1, 0.15) is 11.5 Å². The third-order valence-corrected chi connectivity index (χ3v) is 4.26. The van der Waals surface area contributed by atoms with E-state index in [1.807, 2.05) is 37.3 Å². The molecule has 0 fully saturated rings. The standard InChI is InChI=1S/C24H23N3O3S/c1-2-16-29-21-14-10-19(11-15-21)23(28)30-22-12-8-18(9-13-22)17-25-27-24(31)26-20-6-4-3-5-7-20/h3-15,17H,2,16H2,1H3,(H2,26,27,31)/b25-17+. The number of hydrazone groups is 1. The van der Waals surface area contributed by atoms with E-state index in [4.69, 9.17) is 21.7 Å². The van der Waals surface area contributed by atoms with Crippen molar-refractivity contribution < 1.29 is 14.3 Å². The fourth-order valence-corrected chi connectivity index (χ4v) is 2.71. The SMILES string of the molecule is CCCOc1ccc(C(=O)Oc2ccc(/C=N/NC(=S)Nc3ccccc3)cc2)cc1. The number of thiocarbonyl (C=S) groups is 1. The zero-order chi connectivity index (χ0) is 21.9. The fourth-order valence-electron chi connectivity index (χ4n) is 2.54. The Balaban J connectivity index is 1.48. The molecular formula is C24H23N3O3S. The van der Waals surface area contributed by atoms with E-state index in [1.165, 1.54) is 0 Å². The average Bonchev–Trinajstić information content (AvgIpc) is 2.80. The Bertz CT molecular complexity index is 1020. The van der Waals surface area contributed by atoms with Crippen molar-refractivity contribution in [1.82, 2.24) is 5.43 Å². The van der Waals surface area contributed by atoms with Crippen molar-refractivity contribution in [3.8, 4) is 11.5 Å². The Morgan fingerprint density at radius 2 is 1.65 bits per heavy atom. The molecule has 3 rings (SSSR count). The normalized spacial score (nSPS) is 10.5. The van der Waals surface area contributed by atoms with Crippen LogP contribution in [0.3, 0.4) is 0 Å². The first-order chi connectivity index (χ1) is 15.1. The molecule has 2 N–H and O–H groups in total. The number of anilines is 1. The lowest BCUT2D eigenvalue weighted by Crippen LogP contribution is -2.23. The van der Waals surface area contributed by atoms with Gasteiger partial charge in [0.15, 0.2) is 5.11 Å². The van der Waals surface area contributed by atoms with Crippen LogP contribution in [0.4, 0.5) is 5.69 Å². The van der Waals surface area contributed by atoms with E-state index < -0.39 is 5.97 Å². The molecule has 0 radical (unpaired) electrons. The number of nitrogens with one attached hydrogen (secondary N) is 2. The summed E-state index contributed by atoms with van der Waals surface area (Å²) < 4.78 is 10.9.